The zero-order chi connectivity index (χ0) is 11.8. The molecule has 0 spiro atoms. The van der Waals surface area contributed by atoms with Crippen molar-refractivity contribution in [2.24, 2.45) is 0 Å². The zero-order valence-electron chi connectivity index (χ0n) is 11.1. The monoisotopic (exact) mass is 256 g/mol. The summed E-state index contributed by atoms with van der Waals surface area (Å²) in [4.78, 5) is 2.37. The molecule has 0 heterocycles. The molecule has 0 amide bonds. The van der Waals surface area contributed by atoms with Crippen LogP contribution in [0.3, 0.4) is 0 Å². The lowest BCUT2D eigenvalue weighted by atomic mass is 10.1. The summed E-state index contributed by atoms with van der Waals surface area (Å²) in [6.07, 6.45) is 1.03. The lowest BCUT2D eigenvalue weighted by Gasteiger charge is -2.18. The normalized spacial score (nSPS) is 10.1. The van der Waals surface area contributed by atoms with E-state index in [9.17, 15) is 0 Å². The van der Waals surface area contributed by atoms with Gasteiger partial charge in [-0.2, -0.15) is 0 Å². The first-order chi connectivity index (χ1) is 7.81. The topological polar surface area (TPSA) is 12.5 Å². The second-order valence-corrected chi connectivity index (χ2v) is 3.84. The first-order valence-electron chi connectivity index (χ1n) is 6.24. The lowest BCUT2D eigenvalue weighted by molar-refractivity contribution is -0.00000393. The van der Waals surface area contributed by atoms with Gasteiger partial charge in [-0.15, -0.1) is 0 Å². The van der Waals surface area contributed by atoms with E-state index in [1.54, 1.807) is 0 Å². The highest BCUT2D eigenvalue weighted by Gasteiger charge is 2.02. The molecule has 0 atom stereocenters. The molecule has 0 aliphatic heterocycles. The molecule has 0 N–H and O–H groups in total. The van der Waals surface area contributed by atoms with Gasteiger partial charge in [0.05, 0.1) is 0 Å². The number of halogens is 1. The van der Waals surface area contributed by atoms with Crippen LogP contribution in [0, 0.1) is 0 Å². The van der Waals surface area contributed by atoms with Crippen LogP contribution in [-0.2, 0) is 6.42 Å². The summed E-state index contributed by atoms with van der Waals surface area (Å²) in [7, 11) is 0. The summed E-state index contributed by atoms with van der Waals surface area (Å²) in [5.41, 5.74) is 1.29. The van der Waals surface area contributed by atoms with Gasteiger partial charge in [0, 0.05) is 6.54 Å². The highest BCUT2D eigenvalue weighted by atomic mass is 35.5. The molecule has 0 aliphatic carbocycles. The number of hydrogen-bond donors (Lipinski definition) is 0. The molecule has 3 heteroatoms. The molecule has 0 saturated heterocycles. The van der Waals surface area contributed by atoms with Crippen molar-refractivity contribution in [3.05, 3.63) is 29.8 Å². The summed E-state index contributed by atoms with van der Waals surface area (Å²) in [6, 6.07) is 8.29. The van der Waals surface area contributed by atoms with Crippen LogP contribution in [0.15, 0.2) is 24.3 Å². The van der Waals surface area contributed by atoms with E-state index in [0.717, 1.165) is 38.4 Å². The Morgan fingerprint density at radius 1 is 1.06 bits per heavy atom. The number of nitrogens with zero attached hydrogens (tertiary/aromatic N) is 1. The van der Waals surface area contributed by atoms with E-state index in [2.05, 4.69) is 43.9 Å². The van der Waals surface area contributed by atoms with E-state index < -0.39 is 0 Å². The smallest absolute Gasteiger partial charge is 0.122 e. The summed E-state index contributed by atoms with van der Waals surface area (Å²) < 4.78 is 5.82. The minimum Gasteiger partial charge on any atom is -1.00 e. The Morgan fingerprint density at radius 2 is 1.71 bits per heavy atom. The SMILES string of the molecule is CCc1ccccc1OCCN(CC)CC.[Cl-]. The Morgan fingerprint density at radius 3 is 2.29 bits per heavy atom. The van der Waals surface area contributed by atoms with E-state index >= 15 is 0 Å². The molecule has 1 rings (SSSR count). The van der Waals surface area contributed by atoms with Crippen LogP contribution >= 0.6 is 0 Å². The van der Waals surface area contributed by atoms with Crippen molar-refractivity contribution in [1.29, 1.82) is 0 Å². The maximum Gasteiger partial charge on any atom is 0.122 e. The maximum absolute atomic E-state index is 5.82. The van der Waals surface area contributed by atoms with Crippen LogP contribution in [0.4, 0.5) is 0 Å². The molecule has 0 bridgehead atoms. The average molecular weight is 257 g/mol. The summed E-state index contributed by atoms with van der Waals surface area (Å²) in [6.45, 7) is 10.5. The fourth-order valence-corrected chi connectivity index (χ4v) is 1.76. The Kier molecular flexibility index (Phi) is 8.92. The predicted molar refractivity (Wildman–Crippen MR) is 69.1 cm³/mol. The lowest BCUT2D eigenvalue weighted by Crippen LogP contribution is -3.00. The molecule has 0 radical (unpaired) electrons. The van der Waals surface area contributed by atoms with Crippen molar-refractivity contribution in [3.63, 3.8) is 0 Å². The third kappa shape index (κ3) is 5.42. The Hall–Kier alpha value is -0.730. The van der Waals surface area contributed by atoms with E-state index in [1.165, 1.54) is 5.56 Å². The molecular weight excluding hydrogens is 234 g/mol. The second kappa shape index (κ2) is 9.32. The third-order valence-electron chi connectivity index (χ3n) is 2.91. The van der Waals surface area contributed by atoms with Gasteiger partial charge < -0.3 is 22.0 Å². The van der Waals surface area contributed by atoms with Gasteiger partial charge in [0.15, 0.2) is 0 Å². The maximum atomic E-state index is 5.82. The molecule has 0 aromatic heterocycles. The molecule has 2 nitrogen and oxygen atoms in total. The first-order valence-corrected chi connectivity index (χ1v) is 6.24. The summed E-state index contributed by atoms with van der Waals surface area (Å²) >= 11 is 0. The molecule has 0 aliphatic rings. The predicted octanol–water partition coefficient (Wildman–Crippen LogP) is -0.0264. The number of aryl methyl sites for hydroxylation is 1. The van der Waals surface area contributed by atoms with Crippen molar-refractivity contribution in [3.8, 4) is 5.75 Å². The highest BCUT2D eigenvalue weighted by molar-refractivity contribution is 5.33. The van der Waals surface area contributed by atoms with Crippen molar-refractivity contribution in [1.82, 2.24) is 4.90 Å². The van der Waals surface area contributed by atoms with Gasteiger partial charge in [0.25, 0.3) is 0 Å². The Bertz CT molecular complexity index is 300. The number of para-hydroxylation sites is 1. The minimum atomic E-state index is 0. The van der Waals surface area contributed by atoms with Gasteiger partial charge in [0.2, 0.25) is 0 Å². The number of benzene rings is 1. The quantitative estimate of drug-likeness (QED) is 0.680. The molecular formula is C14H23ClNO-. The summed E-state index contributed by atoms with van der Waals surface area (Å²) in [5, 5.41) is 0. The Labute approximate surface area is 111 Å². The van der Waals surface area contributed by atoms with Crippen molar-refractivity contribution in [2.45, 2.75) is 27.2 Å². The average Bonchev–Trinajstić information content (AvgIpc) is 2.35. The fourth-order valence-electron chi connectivity index (χ4n) is 1.76. The van der Waals surface area contributed by atoms with Crippen LogP contribution in [0.5, 0.6) is 5.75 Å². The number of ether oxygens (including phenoxy) is 1. The van der Waals surface area contributed by atoms with Crippen molar-refractivity contribution in [2.75, 3.05) is 26.2 Å². The minimum absolute atomic E-state index is 0. The second-order valence-electron chi connectivity index (χ2n) is 3.84. The van der Waals surface area contributed by atoms with Gasteiger partial charge in [-0.3, -0.25) is 0 Å². The van der Waals surface area contributed by atoms with Gasteiger partial charge >= 0.3 is 0 Å². The molecule has 98 valence electrons. The van der Waals surface area contributed by atoms with Crippen LogP contribution in [-0.4, -0.2) is 31.1 Å². The third-order valence-corrected chi connectivity index (χ3v) is 2.91. The molecule has 0 fully saturated rings. The number of hydrogen-bond acceptors (Lipinski definition) is 2. The number of likely N-dealkylation sites (N-methyl/N-ethyl adjacent to an activating group) is 1. The largest absolute Gasteiger partial charge is 1.00 e. The standard InChI is InChI=1S/C14H23NO.ClH/c1-4-13-9-7-8-10-14(13)16-12-11-15(5-2)6-3;/h7-10H,4-6,11-12H2,1-3H3;1H/p-1. The van der Waals surface area contributed by atoms with Crippen molar-refractivity contribution < 1.29 is 17.1 Å². The van der Waals surface area contributed by atoms with Crippen LogP contribution < -0.4 is 17.1 Å². The highest BCUT2D eigenvalue weighted by Crippen LogP contribution is 2.17. The van der Waals surface area contributed by atoms with Gasteiger partial charge in [-0.05, 0) is 31.1 Å². The molecule has 17 heavy (non-hydrogen) atoms. The number of rotatable bonds is 7. The zero-order valence-corrected chi connectivity index (χ0v) is 11.8. The van der Waals surface area contributed by atoms with E-state index in [1.807, 2.05) is 6.07 Å². The Balaban J connectivity index is 0.00000256. The molecule has 0 unspecified atom stereocenters. The summed E-state index contributed by atoms with van der Waals surface area (Å²) in [5.74, 6) is 1.04. The molecule has 1 aromatic carbocycles. The van der Waals surface area contributed by atoms with Crippen LogP contribution in [0.25, 0.3) is 0 Å². The molecule has 0 saturated carbocycles. The first kappa shape index (κ1) is 16.3. The van der Waals surface area contributed by atoms with Crippen molar-refractivity contribution >= 4 is 0 Å². The molecule has 1 aromatic rings. The van der Waals surface area contributed by atoms with Crippen LogP contribution in [0.2, 0.25) is 0 Å². The van der Waals surface area contributed by atoms with E-state index in [-0.39, 0.29) is 12.4 Å². The van der Waals surface area contributed by atoms with E-state index in [0.29, 0.717) is 0 Å². The van der Waals surface area contributed by atoms with E-state index in [4.69, 9.17) is 4.74 Å². The van der Waals surface area contributed by atoms with Crippen LogP contribution in [0.1, 0.15) is 26.3 Å². The van der Waals surface area contributed by atoms with Gasteiger partial charge in [-0.25, -0.2) is 0 Å². The van der Waals surface area contributed by atoms with Gasteiger partial charge in [-0.1, -0.05) is 39.0 Å². The van der Waals surface area contributed by atoms with Gasteiger partial charge in [0.1, 0.15) is 12.4 Å². The fraction of sp³-hybridized carbons (Fsp3) is 0.571.